The number of nitrogens with zero attached hydrogens (tertiary/aromatic N) is 8. The third kappa shape index (κ3) is 32.9. The first-order chi connectivity index (χ1) is 44.8. The number of aryl methyl sites for hydroxylation is 4. The highest BCUT2D eigenvalue weighted by Crippen LogP contribution is 2.23. The number of nitrogens with two attached hydrogens (primary N) is 1. The SMILES string of the molecule is C.CC(C)(C)OC(=O)N1CCNCC1.Cc1ccc(N)cc1.Cc1ccc(Nc2cccc(Cl)n2)cc1.Cc1ccc(Nc2cccc(N3CCN(C(=O)OC(C)(C)C)CC3)n2)cc1.Cc1ccc(Nc2cccc(N3CCNCC3)n2)cc1.ClCCl.Clc1cccc(Cl)n1. The van der Waals surface area contributed by atoms with Crippen molar-refractivity contribution in [1.29, 1.82) is 0 Å². The van der Waals surface area contributed by atoms with Crippen LogP contribution in [0.4, 0.5) is 61.4 Å². The number of nitrogen functional groups attached to an aromatic ring is 1. The molecule has 8 aromatic rings. The van der Waals surface area contributed by atoms with Crippen molar-refractivity contribution in [3.8, 4) is 0 Å². The average molecular weight is 1400 g/mol. The van der Waals surface area contributed by atoms with Gasteiger partial charge in [0.15, 0.2) is 0 Å². The molecule has 23 heteroatoms. The molecule has 2 amide bonds. The van der Waals surface area contributed by atoms with E-state index in [0.717, 1.165) is 117 Å². The number of pyridine rings is 4. The zero-order valence-corrected chi connectivity index (χ0v) is 59.3. The normalized spacial score (nSPS) is 13.3. The van der Waals surface area contributed by atoms with Crippen molar-refractivity contribution in [3.63, 3.8) is 0 Å². The van der Waals surface area contributed by atoms with E-state index in [1.807, 2.05) is 146 Å². The maximum Gasteiger partial charge on any atom is 0.410 e. The Labute approximate surface area is 588 Å². The lowest BCUT2D eigenvalue weighted by Crippen LogP contribution is -2.50. The van der Waals surface area contributed by atoms with Gasteiger partial charge in [-0.25, -0.2) is 29.5 Å². The minimum atomic E-state index is -0.467. The van der Waals surface area contributed by atoms with E-state index in [4.69, 9.17) is 83.2 Å². The third-order valence-electron chi connectivity index (χ3n) is 13.4. The molecule has 0 aliphatic carbocycles. The number of ether oxygens (including phenoxy) is 2. The second kappa shape index (κ2) is 41.9. The number of benzene rings is 4. The van der Waals surface area contributed by atoms with Crippen molar-refractivity contribution in [3.05, 3.63) is 208 Å². The molecule has 0 unspecified atom stereocenters. The fourth-order valence-electron chi connectivity index (χ4n) is 8.63. The van der Waals surface area contributed by atoms with E-state index in [2.05, 4.69) is 116 Å². The Bertz CT molecular complexity index is 3430. The Balaban J connectivity index is 0.000000252. The van der Waals surface area contributed by atoms with E-state index in [-0.39, 0.29) is 30.6 Å². The van der Waals surface area contributed by atoms with Crippen LogP contribution >= 0.6 is 58.0 Å². The Morgan fingerprint density at radius 2 is 0.726 bits per heavy atom. The quantitative estimate of drug-likeness (QED) is 0.0476. The van der Waals surface area contributed by atoms with E-state index >= 15 is 0 Å². The minimum Gasteiger partial charge on any atom is -0.444 e. The molecule has 4 aromatic heterocycles. The first-order valence-corrected chi connectivity index (χ1v) is 33.2. The van der Waals surface area contributed by atoms with Gasteiger partial charge in [0.05, 0.1) is 5.34 Å². The molecule has 3 saturated heterocycles. The van der Waals surface area contributed by atoms with E-state index in [1.165, 1.54) is 22.3 Å². The zero-order chi connectivity index (χ0) is 68.5. The predicted molar refractivity (Wildman–Crippen MR) is 400 cm³/mol. The Kier molecular flexibility index (Phi) is 35.1. The van der Waals surface area contributed by atoms with Crippen molar-refractivity contribution in [2.24, 2.45) is 0 Å². The van der Waals surface area contributed by atoms with Gasteiger partial charge < -0.3 is 61.4 Å². The molecule has 11 rings (SSSR count). The van der Waals surface area contributed by atoms with Gasteiger partial charge in [0, 0.05) is 101 Å². The molecule has 0 atom stereocenters. The van der Waals surface area contributed by atoms with Crippen LogP contribution in [0.25, 0.3) is 0 Å². The molecule has 7 heterocycles. The van der Waals surface area contributed by atoms with Crippen LogP contribution in [0.15, 0.2) is 170 Å². The first kappa shape index (κ1) is 79.6. The maximum atomic E-state index is 12.2. The van der Waals surface area contributed by atoms with Gasteiger partial charge in [-0.05, 0) is 166 Å². The zero-order valence-electron chi connectivity index (χ0n) is 55.5. The van der Waals surface area contributed by atoms with Gasteiger partial charge >= 0.3 is 12.2 Å². The molecule has 3 aliphatic rings. The van der Waals surface area contributed by atoms with Crippen LogP contribution < -0.4 is 42.1 Å². The van der Waals surface area contributed by atoms with Gasteiger partial charge in [-0.1, -0.05) is 137 Å². The molecule has 0 saturated carbocycles. The summed E-state index contributed by atoms with van der Waals surface area (Å²) in [6.45, 7) is 29.6. The van der Waals surface area contributed by atoms with Crippen LogP contribution in [-0.2, 0) is 9.47 Å². The smallest absolute Gasteiger partial charge is 0.410 e. The minimum absolute atomic E-state index is 0. The monoisotopic (exact) mass is 1390 g/mol. The van der Waals surface area contributed by atoms with Gasteiger partial charge in [-0.2, -0.15) is 0 Å². The number of amides is 2. The van der Waals surface area contributed by atoms with E-state index in [0.29, 0.717) is 28.5 Å². The van der Waals surface area contributed by atoms with Crippen molar-refractivity contribution in [2.45, 2.75) is 87.9 Å². The van der Waals surface area contributed by atoms with Crippen molar-refractivity contribution in [1.82, 2.24) is 40.4 Å². The molecule has 512 valence electrons. The molecule has 3 fully saturated rings. The van der Waals surface area contributed by atoms with Gasteiger partial charge in [0.2, 0.25) is 0 Å². The number of hydrogen-bond donors (Lipinski definition) is 6. The summed E-state index contributed by atoms with van der Waals surface area (Å²) in [5.74, 6) is 4.42. The van der Waals surface area contributed by atoms with Crippen LogP contribution in [0.3, 0.4) is 0 Å². The molecule has 0 bridgehead atoms. The number of carbonyl (C=O) groups excluding carboxylic acids is 2. The summed E-state index contributed by atoms with van der Waals surface area (Å²) >= 11 is 26.2. The maximum absolute atomic E-state index is 12.2. The third-order valence-corrected chi connectivity index (χ3v) is 14.0. The van der Waals surface area contributed by atoms with Gasteiger partial charge in [0.1, 0.15) is 55.8 Å². The highest BCUT2D eigenvalue weighted by atomic mass is 35.5. The lowest BCUT2D eigenvalue weighted by atomic mass is 10.2. The van der Waals surface area contributed by atoms with E-state index in [1.54, 1.807) is 34.1 Å². The summed E-state index contributed by atoms with van der Waals surface area (Å²) in [7, 11) is 0. The van der Waals surface area contributed by atoms with Crippen LogP contribution in [0, 0.1) is 27.7 Å². The van der Waals surface area contributed by atoms with Crippen LogP contribution in [0.5, 0.6) is 0 Å². The standard InChI is InChI=1S/C21H28N4O2.C16H20N4.C12H11ClN2.C9H18N2O2.C7H9N.C5H3Cl2N.CH2Cl2.CH4/c1-16-8-10-17(11-9-16)22-18-6-5-7-19(23-18)24-12-14-25(15-13-24)20(26)27-21(2,3)4;1-13-5-7-14(8-6-13)18-15-3-2-4-16(19-15)20-11-9-17-10-12-20;1-9-5-7-10(8-6-9)14-12-4-2-3-11(13)15-12;1-9(2,3)13-8(12)11-6-4-10-5-7-11;1-6-2-4-7(8)5-3-6;6-4-2-1-3-5(7)8-4;2-1-3;/h5-11H,12-15H2,1-4H3,(H,22,23);2-8,17H,9-12H2,1H3,(H,18,19);2-8H,1H3,(H,14,15);10H,4-7H2,1-3H3;2-5H,8H2,1H3;1-3H;1H2;1H4. The predicted octanol–water partition coefficient (Wildman–Crippen LogP) is 17.4. The summed E-state index contributed by atoms with van der Waals surface area (Å²) in [5.41, 5.74) is 13.5. The summed E-state index contributed by atoms with van der Waals surface area (Å²) in [6.07, 6.45) is -0.445. The Morgan fingerprint density at radius 1 is 0.432 bits per heavy atom. The topological polar surface area (TPSA) is 203 Å². The second-order valence-corrected chi connectivity index (χ2v) is 25.8. The number of nitrogens with one attached hydrogen (secondary N) is 5. The second-order valence-electron chi connectivity index (χ2n) is 23.8. The van der Waals surface area contributed by atoms with Crippen LogP contribution in [0.2, 0.25) is 15.5 Å². The molecule has 18 nitrogen and oxygen atoms in total. The fourth-order valence-corrected chi connectivity index (χ4v) is 9.17. The summed E-state index contributed by atoms with van der Waals surface area (Å²) in [6, 6.07) is 55.2. The summed E-state index contributed by atoms with van der Waals surface area (Å²) in [5, 5.41) is 18.0. The van der Waals surface area contributed by atoms with Crippen molar-refractivity contribution < 1.29 is 19.1 Å². The number of rotatable bonds is 8. The number of anilines is 9. The summed E-state index contributed by atoms with van der Waals surface area (Å²) in [4.78, 5) is 49.0. The van der Waals surface area contributed by atoms with Gasteiger partial charge in [-0.3, -0.25) is 0 Å². The highest BCUT2D eigenvalue weighted by Gasteiger charge is 2.27. The molecule has 7 N–H and O–H groups in total. The van der Waals surface area contributed by atoms with Gasteiger partial charge in [0.25, 0.3) is 0 Å². The first-order valence-electron chi connectivity index (χ1n) is 31.0. The molecule has 0 spiro atoms. The Morgan fingerprint density at radius 3 is 1.05 bits per heavy atom. The lowest BCUT2D eigenvalue weighted by Gasteiger charge is -2.36. The van der Waals surface area contributed by atoms with Crippen LogP contribution in [0.1, 0.15) is 71.2 Å². The molecular weight excluding hydrogens is 1300 g/mol. The van der Waals surface area contributed by atoms with Crippen molar-refractivity contribution >= 4 is 122 Å². The van der Waals surface area contributed by atoms with Crippen molar-refractivity contribution in [2.75, 3.05) is 115 Å². The largest absolute Gasteiger partial charge is 0.444 e. The molecule has 4 aromatic carbocycles. The number of hydrogen-bond acceptors (Lipinski definition) is 16. The molecule has 3 aliphatic heterocycles. The van der Waals surface area contributed by atoms with Crippen LogP contribution in [-0.4, -0.2) is 137 Å². The van der Waals surface area contributed by atoms with E-state index in [9.17, 15) is 9.59 Å². The lowest BCUT2D eigenvalue weighted by molar-refractivity contribution is 0.0223. The number of piperazine rings is 3. The molecule has 95 heavy (non-hydrogen) atoms. The van der Waals surface area contributed by atoms with E-state index < -0.39 is 5.60 Å². The highest BCUT2D eigenvalue weighted by molar-refractivity contribution is 6.40. The molecule has 0 radical (unpaired) electrons. The average Bonchev–Trinajstić information content (AvgIpc) is 1.04. The number of aromatic nitrogens is 4. The Hall–Kier alpha value is -7.81. The fraction of sp³-hybridized carbons (Fsp3) is 0.361. The molecular formula is C72H95Cl5N14O4. The van der Waals surface area contributed by atoms with Gasteiger partial charge in [-0.15, -0.1) is 23.2 Å². The number of halogens is 5. The number of alkyl halides is 2. The number of carbonyl (C=O) groups is 2. The summed E-state index contributed by atoms with van der Waals surface area (Å²) < 4.78 is 10.7.